The van der Waals surface area contributed by atoms with Crippen LogP contribution in [-0.2, 0) is 11.3 Å². The van der Waals surface area contributed by atoms with Gasteiger partial charge < -0.3 is 10.1 Å². The number of rotatable bonds is 7. The first kappa shape index (κ1) is 19.4. The lowest BCUT2D eigenvalue weighted by Gasteiger charge is -2.12. The number of ether oxygens (including phenoxy) is 1. The van der Waals surface area contributed by atoms with Gasteiger partial charge in [0.15, 0.2) is 12.4 Å². The van der Waals surface area contributed by atoms with Crippen LogP contribution in [0.15, 0.2) is 79.0 Å². The Morgan fingerprint density at radius 1 is 0.967 bits per heavy atom. The van der Waals surface area contributed by atoms with Crippen molar-refractivity contribution in [1.29, 1.82) is 0 Å². The molecule has 1 heterocycles. The number of carbonyl (C=O) groups excluding carboxylic acids is 2. The summed E-state index contributed by atoms with van der Waals surface area (Å²) >= 11 is 0. The molecular formula is C24H21N3O3. The summed E-state index contributed by atoms with van der Waals surface area (Å²) in [5, 5.41) is 9.51. The fourth-order valence-electron chi connectivity index (χ4n) is 3.27. The zero-order valence-electron chi connectivity index (χ0n) is 16.5. The van der Waals surface area contributed by atoms with Gasteiger partial charge in [-0.05, 0) is 47.5 Å². The van der Waals surface area contributed by atoms with Gasteiger partial charge in [0.25, 0.3) is 5.91 Å². The van der Waals surface area contributed by atoms with Crippen LogP contribution in [-0.4, -0.2) is 28.1 Å². The maximum atomic E-state index is 12.3. The first-order valence-electron chi connectivity index (χ1n) is 9.62. The average Bonchev–Trinajstić information content (AvgIpc) is 3.19. The summed E-state index contributed by atoms with van der Waals surface area (Å²) in [4.78, 5) is 23.7. The van der Waals surface area contributed by atoms with Gasteiger partial charge in [0.1, 0.15) is 11.6 Å². The first-order chi connectivity index (χ1) is 14.6. The van der Waals surface area contributed by atoms with E-state index in [0.29, 0.717) is 23.7 Å². The maximum absolute atomic E-state index is 12.3. The Labute approximate surface area is 174 Å². The van der Waals surface area contributed by atoms with Crippen molar-refractivity contribution in [3.63, 3.8) is 0 Å². The van der Waals surface area contributed by atoms with Crippen molar-refractivity contribution in [2.24, 2.45) is 0 Å². The molecule has 4 aromatic rings. The van der Waals surface area contributed by atoms with E-state index in [9.17, 15) is 9.59 Å². The Morgan fingerprint density at radius 3 is 2.53 bits per heavy atom. The number of Topliss-reactive ketones (excluding diaryl/α,β-unsaturated/α-hetero) is 1. The third-order valence-electron chi connectivity index (χ3n) is 4.81. The molecule has 6 heteroatoms. The molecule has 0 unspecified atom stereocenters. The number of nitrogens with zero attached hydrogens (tertiary/aromatic N) is 2. The van der Waals surface area contributed by atoms with Gasteiger partial charge in [0.2, 0.25) is 0 Å². The molecule has 0 fully saturated rings. The fraction of sp³-hybridized carbons (Fsp3) is 0.125. The van der Waals surface area contributed by atoms with Crippen molar-refractivity contribution in [3.8, 4) is 5.75 Å². The van der Waals surface area contributed by atoms with E-state index in [1.807, 2.05) is 18.2 Å². The third-order valence-corrected chi connectivity index (χ3v) is 4.81. The van der Waals surface area contributed by atoms with Crippen molar-refractivity contribution >= 4 is 28.3 Å². The van der Waals surface area contributed by atoms with E-state index in [-0.39, 0.29) is 18.3 Å². The number of hydrogen-bond donors (Lipinski definition) is 1. The second-order valence-corrected chi connectivity index (χ2v) is 6.93. The van der Waals surface area contributed by atoms with Crippen LogP contribution in [0.1, 0.15) is 22.8 Å². The lowest BCUT2D eigenvalue weighted by atomic mass is 10.0. The van der Waals surface area contributed by atoms with Gasteiger partial charge in [-0.3, -0.25) is 9.59 Å². The van der Waals surface area contributed by atoms with Crippen LogP contribution in [0.25, 0.3) is 10.8 Å². The molecule has 1 aromatic heterocycles. The third kappa shape index (κ3) is 4.38. The number of aromatic nitrogens is 2. The molecule has 1 amide bonds. The summed E-state index contributed by atoms with van der Waals surface area (Å²) in [5.41, 5.74) is 1.72. The smallest absolute Gasteiger partial charge is 0.263 e. The zero-order chi connectivity index (χ0) is 20.9. The minimum atomic E-state index is -0.287. The van der Waals surface area contributed by atoms with E-state index in [1.165, 1.54) is 6.92 Å². The van der Waals surface area contributed by atoms with Crippen molar-refractivity contribution in [1.82, 2.24) is 9.78 Å². The molecule has 0 saturated heterocycles. The number of ketones is 1. The quantitative estimate of drug-likeness (QED) is 0.470. The molecule has 0 atom stereocenters. The number of fused-ring (bicyclic) bond motifs is 1. The number of anilines is 1. The summed E-state index contributed by atoms with van der Waals surface area (Å²) < 4.78 is 7.27. The molecule has 3 aromatic carbocycles. The van der Waals surface area contributed by atoms with Crippen molar-refractivity contribution in [2.75, 3.05) is 11.9 Å². The van der Waals surface area contributed by atoms with Crippen LogP contribution in [0.2, 0.25) is 0 Å². The molecule has 150 valence electrons. The molecule has 6 nitrogen and oxygen atoms in total. The average molecular weight is 399 g/mol. The number of hydrogen-bond acceptors (Lipinski definition) is 4. The Hall–Kier alpha value is -3.93. The highest BCUT2D eigenvalue weighted by Gasteiger charge is 2.10. The summed E-state index contributed by atoms with van der Waals surface area (Å²) in [5.74, 6) is 0.826. The standard InChI is InChI=1S/C24H21N3O3/c1-17(28)18-9-11-21(12-10-18)30-16-24(29)26-23-13-14-25-27(23)15-20-7-4-6-19-5-2-3-8-22(19)20/h2-14H,15-16H2,1H3,(H,26,29). The summed E-state index contributed by atoms with van der Waals surface area (Å²) in [6, 6.07) is 22.8. The minimum Gasteiger partial charge on any atom is -0.484 e. The van der Waals surface area contributed by atoms with E-state index in [4.69, 9.17) is 4.74 Å². The van der Waals surface area contributed by atoms with Gasteiger partial charge in [-0.2, -0.15) is 5.10 Å². The molecule has 0 saturated carbocycles. The first-order valence-corrected chi connectivity index (χ1v) is 9.62. The zero-order valence-corrected chi connectivity index (χ0v) is 16.5. The SMILES string of the molecule is CC(=O)c1ccc(OCC(=O)Nc2ccnn2Cc2cccc3ccccc23)cc1. The predicted octanol–water partition coefficient (Wildman–Crippen LogP) is 4.30. The molecule has 1 N–H and O–H groups in total. The van der Waals surface area contributed by atoms with Crippen LogP contribution < -0.4 is 10.1 Å². The number of benzene rings is 3. The van der Waals surface area contributed by atoms with Crippen LogP contribution in [0, 0.1) is 0 Å². The van der Waals surface area contributed by atoms with Crippen LogP contribution in [0.4, 0.5) is 5.82 Å². The Balaban J connectivity index is 1.40. The largest absolute Gasteiger partial charge is 0.484 e. The van der Waals surface area contributed by atoms with E-state index < -0.39 is 0 Å². The molecule has 0 bridgehead atoms. The monoisotopic (exact) mass is 399 g/mol. The van der Waals surface area contributed by atoms with Gasteiger partial charge in [-0.25, -0.2) is 4.68 Å². The molecule has 0 spiro atoms. The number of nitrogens with one attached hydrogen (secondary N) is 1. The minimum absolute atomic E-state index is 0.0150. The number of carbonyl (C=O) groups is 2. The summed E-state index contributed by atoms with van der Waals surface area (Å²) in [6.45, 7) is 1.90. The molecule has 30 heavy (non-hydrogen) atoms. The van der Waals surface area contributed by atoms with Gasteiger partial charge in [-0.1, -0.05) is 42.5 Å². The summed E-state index contributed by atoms with van der Waals surface area (Å²) in [7, 11) is 0. The van der Waals surface area contributed by atoms with Crippen molar-refractivity contribution < 1.29 is 14.3 Å². The number of amides is 1. The van der Waals surface area contributed by atoms with E-state index in [0.717, 1.165) is 16.3 Å². The molecule has 4 rings (SSSR count). The molecule has 0 radical (unpaired) electrons. The normalized spacial score (nSPS) is 10.7. The molecule has 0 aliphatic rings. The predicted molar refractivity (Wildman–Crippen MR) is 116 cm³/mol. The Bertz CT molecular complexity index is 1190. The highest BCUT2D eigenvalue weighted by atomic mass is 16.5. The van der Waals surface area contributed by atoms with E-state index in [2.05, 4.69) is 34.7 Å². The van der Waals surface area contributed by atoms with Crippen molar-refractivity contribution in [2.45, 2.75) is 13.5 Å². The highest BCUT2D eigenvalue weighted by Crippen LogP contribution is 2.20. The fourth-order valence-corrected chi connectivity index (χ4v) is 3.27. The van der Waals surface area contributed by atoms with Crippen molar-refractivity contribution in [3.05, 3.63) is 90.1 Å². The highest BCUT2D eigenvalue weighted by molar-refractivity contribution is 5.94. The van der Waals surface area contributed by atoms with E-state index in [1.54, 1.807) is 41.2 Å². The molecular weight excluding hydrogens is 378 g/mol. The Morgan fingerprint density at radius 2 is 1.73 bits per heavy atom. The van der Waals surface area contributed by atoms with Gasteiger partial charge in [0.05, 0.1) is 12.7 Å². The van der Waals surface area contributed by atoms with Crippen LogP contribution >= 0.6 is 0 Å². The van der Waals surface area contributed by atoms with Gasteiger partial charge in [0, 0.05) is 11.6 Å². The second kappa shape index (κ2) is 8.61. The Kier molecular flexibility index (Phi) is 5.57. The molecule has 0 aliphatic heterocycles. The van der Waals surface area contributed by atoms with Crippen LogP contribution in [0.5, 0.6) is 5.75 Å². The lowest BCUT2D eigenvalue weighted by Crippen LogP contribution is -2.22. The second-order valence-electron chi connectivity index (χ2n) is 6.93. The summed E-state index contributed by atoms with van der Waals surface area (Å²) in [6.07, 6.45) is 1.65. The van der Waals surface area contributed by atoms with Gasteiger partial charge >= 0.3 is 0 Å². The topological polar surface area (TPSA) is 73.2 Å². The van der Waals surface area contributed by atoms with Crippen LogP contribution in [0.3, 0.4) is 0 Å². The van der Waals surface area contributed by atoms with E-state index >= 15 is 0 Å². The van der Waals surface area contributed by atoms with Gasteiger partial charge in [-0.15, -0.1) is 0 Å². The maximum Gasteiger partial charge on any atom is 0.263 e. The molecule has 0 aliphatic carbocycles. The lowest BCUT2D eigenvalue weighted by molar-refractivity contribution is -0.118.